The number of nitrogens with zero attached hydrogens (tertiary/aromatic N) is 1. The molecular weight excluding hydrogens is 230 g/mol. The van der Waals surface area contributed by atoms with E-state index in [1.165, 1.54) is 0 Å². The average Bonchev–Trinajstić information content (AvgIpc) is 1.98. The number of carbonyl (C=O) groups is 2. The summed E-state index contributed by atoms with van der Waals surface area (Å²) in [4.78, 5) is 21.9. The Labute approximate surface area is 100 Å². The fourth-order valence-corrected chi connectivity index (χ4v) is 1.68. The summed E-state index contributed by atoms with van der Waals surface area (Å²) in [6, 6.07) is 0. The molecule has 0 fully saturated rings. The summed E-state index contributed by atoms with van der Waals surface area (Å²) in [7, 11) is 5.78. The molecule has 0 aliphatic carbocycles. The minimum atomic E-state index is -0.951. The molecule has 0 saturated heterocycles. The van der Waals surface area contributed by atoms with Crippen molar-refractivity contribution in [2.45, 2.75) is 19.4 Å². The Balaban J connectivity index is 4.31. The molecule has 0 aliphatic heterocycles. The largest absolute Gasteiger partial charge is 0.481 e. The molecule has 1 N–H and O–H groups in total. The lowest BCUT2D eigenvalue weighted by molar-refractivity contribution is -0.873. The normalized spacial score (nSPS) is 13.2. The number of carbonyl (C=O) groups excluding carboxylic acids is 1. The topological polar surface area (TPSA) is 63.6 Å². The number of carboxylic acids is 1. The van der Waals surface area contributed by atoms with Gasteiger partial charge in [-0.1, -0.05) is 6.92 Å². The molecule has 6 heteroatoms. The van der Waals surface area contributed by atoms with Crippen molar-refractivity contribution in [2.75, 3.05) is 33.4 Å². The summed E-state index contributed by atoms with van der Waals surface area (Å²) in [6.45, 7) is 2.33. The molecule has 5 nitrogen and oxygen atoms in total. The molecule has 0 aromatic heterocycles. The van der Waals surface area contributed by atoms with Crippen molar-refractivity contribution in [3.05, 3.63) is 0 Å². The van der Waals surface area contributed by atoms with Gasteiger partial charge in [-0.05, 0) is 11.8 Å². The zero-order chi connectivity index (χ0) is 12.8. The van der Waals surface area contributed by atoms with Crippen LogP contribution >= 0.6 is 11.8 Å². The van der Waals surface area contributed by atoms with Crippen molar-refractivity contribution >= 4 is 23.0 Å². The van der Waals surface area contributed by atoms with E-state index < -0.39 is 17.4 Å². The van der Waals surface area contributed by atoms with E-state index in [0.29, 0.717) is 16.8 Å². The van der Waals surface area contributed by atoms with Gasteiger partial charge in [0.05, 0.1) is 27.6 Å². The first-order chi connectivity index (χ1) is 7.24. The number of thioether (sulfide) groups is 1. The van der Waals surface area contributed by atoms with Crippen molar-refractivity contribution in [1.82, 2.24) is 0 Å². The highest BCUT2D eigenvalue weighted by Crippen LogP contribution is 2.11. The zero-order valence-electron chi connectivity index (χ0n) is 10.2. The van der Waals surface area contributed by atoms with Crippen molar-refractivity contribution in [3.63, 3.8) is 0 Å². The second-order valence-corrected chi connectivity index (χ2v) is 5.69. The van der Waals surface area contributed by atoms with E-state index in [4.69, 9.17) is 9.84 Å². The maximum atomic E-state index is 11.3. The maximum absolute atomic E-state index is 11.3. The summed E-state index contributed by atoms with van der Waals surface area (Å²) >= 11 is 1.05. The SMILES string of the molecule is CCSC(=O)OC(CC(=O)O)C[N+](C)(C)C. The average molecular weight is 250 g/mol. The summed E-state index contributed by atoms with van der Waals surface area (Å²) in [6.07, 6.45) is -0.713. The maximum Gasteiger partial charge on any atom is 0.367 e. The molecule has 0 aromatic carbocycles. The number of likely N-dealkylation sites (N-methyl/N-ethyl adjacent to an activating group) is 1. The first kappa shape index (κ1) is 15.2. The Bertz CT molecular complexity index is 250. The van der Waals surface area contributed by atoms with E-state index >= 15 is 0 Å². The minimum absolute atomic E-state index is 0.147. The molecule has 0 saturated carbocycles. The Morgan fingerprint density at radius 3 is 2.31 bits per heavy atom. The highest BCUT2D eigenvalue weighted by molar-refractivity contribution is 8.13. The summed E-state index contributed by atoms with van der Waals surface area (Å²) in [5, 5.41) is 8.32. The van der Waals surface area contributed by atoms with Crippen LogP contribution in [0.2, 0.25) is 0 Å². The van der Waals surface area contributed by atoms with Gasteiger partial charge in [-0.25, -0.2) is 4.79 Å². The van der Waals surface area contributed by atoms with Gasteiger partial charge in [-0.15, -0.1) is 0 Å². The van der Waals surface area contributed by atoms with Gasteiger partial charge in [-0.3, -0.25) is 4.79 Å². The highest BCUT2D eigenvalue weighted by atomic mass is 32.2. The Morgan fingerprint density at radius 1 is 1.38 bits per heavy atom. The number of rotatable bonds is 6. The molecular formula is C10H20NO4S+. The van der Waals surface area contributed by atoms with Crippen LogP contribution in [0.3, 0.4) is 0 Å². The molecule has 0 rings (SSSR count). The van der Waals surface area contributed by atoms with Crippen LogP contribution < -0.4 is 0 Å². The Hall–Kier alpha value is -0.750. The van der Waals surface area contributed by atoms with Crippen molar-refractivity contribution in [3.8, 4) is 0 Å². The van der Waals surface area contributed by atoms with Gasteiger partial charge in [0.25, 0.3) is 0 Å². The minimum Gasteiger partial charge on any atom is -0.481 e. The number of hydrogen-bond acceptors (Lipinski definition) is 4. The lowest BCUT2D eigenvalue weighted by Crippen LogP contribution is -2.43. The second-order valence-electron chi connectivity index (χ2n) is 4.49. The lowest BCUT2D eigenvalue weighted by atomic mass is 10.2. The van der Waals surface area contributed by atoms with Crippen LogP contribution in [-0.4, -0.2) is 60.4 Å². The number of ether oxygens (including phenoxy) is 1. The first-order valence-electron chi connectivity index (χ1n) is 5.10. The molecule has 16 heavy (non-hydrogen) atoms. The fourth-order valence-electron chi connectivity index (χ4n) is 1.24. The van der Waals surface area contributed by atoms with Gasteiger partial charge in [-0.2, -0.15) is 0 Å². The van der Waals surface area contributed by atoms with Crippen LogP contribution in [0.4, 0.5) is 4.79 Å². The Kier molecular flexibility index (Phi) is 6.43. The first-order valence-corrected chi connectivity index (χ1v) is 6.09. The number of aliphatic carboxylic acids is 1. The van der Waals surface area contributed by atoms with E-state index in [1.807, 2.05) is 28.1 Å². The van der Waals surface area contributed by atoms with Gasteiger partial charge in [0, 0.05) is 5.75 Å². The van der Waals surface area contributed by atoms with Crippen LogP contribution in [0.15, 0.2) is 0 Å². The van der Waals surface area contributed by atoms with Gasteiger partial charge < -0.3 is 14.3 Å². The number of carboxylic acid groups (broad SMARTS) is 1. The van der Waals surface area contributed by atoms with Crippen molar-refractivity contribution < 1.29 is 23.9 Å². The third-order valence-corrected chi connectivity index (χ3v) is 2.30. The second kappa shape index (κ2) is 6.75. The molecule has 0 spiro atoms. The smallest absolute Gasteiger partial charge is 0.367 e. The van der Waals surface area contributed by atoms with Crippen LogP contribution in [0.1, 0.15) is 13.3 Å². The number of hydrogen-bond donors (Lipinski definition) is 1. The van der Waals surface area contributed by atoms with E-state index in [2.05, 4.69) is 0 Å². The molecule has 94 valence electrons. The third-order valence-electron chi connectivity index (χ3n) is 1.68. The molecule has 1 unspecified atom stereocenters. The predicted octanol–water partition coefficient (Wildman–Crippen LogP) is 1.43. The van der Waals surface area contributed by atoms with E-state index in [0.717, 1.165) is 11.8 Å². The fraction of sp³-hybridized carbons (Fsp3) is 0.800. The lowest BCUT2D eigenvalue weighted by Gasteiger charge is -2.28. The summed E-state index contributed by atoms with van der Waals surface area (Å²) in [5.74, 6) is -0.323. The quantitative estimate of drug-likeness (QED) is 0.570. The standard InChI is InChI=1S/C10H19NO4S/c1-5-16-10(14)15-8(6-9(12)13)7-11(2,3)4/h8H,5-7H2,1-4H3/p+1. The van der Waals surface area contributed by atoms with Gasteiger partial charge in [0.1, 0.15) is 6.54 Å². The molecule has 0 amide bonds. The zero-order valence-corrected chi connectivity index (χ0v) is 11.0. The van der Waals surface area contributed by atoms with E-state index in [9.17, 15) is 9.59 Å². The van der Waals surface area contributed by atoms with Crippen LogP contribution in [0, 0.1) is 0 Å². The van der Waals surface area contributed by atoms with E-state index in [-0.39, 0.29) is 6.42 Å². The number of quaternary nitrogens is 1. The third kappa shape index (κ3) is 8.55. The Morgan fingerprint density at radius 2 is 1.94 bits per heavy atom. The van der Waals surface area contributed by atoms with Gasteiger partial charge in [0.2, 0.25) is 0 Å². The van der Waals surface area contributed by atoms with Gasteiger partial charge in [0.15, 0.2) is 6.10 Å². The molecule has 1 atom stereocenters. The molecule has 0 radical (unpaired) electrons. The predicted molar refractivity (Wildman–Crippen MR) is 63.6 cm³/mol. The molecule has 0 bridgehead atoms. The summed E-state index contributed by atoms with van der Waals surface area (Å²) in [5.41, 5.74) is 0. The van der Waals surface area contributed by atoms with Crippen molar-refractivity contribution in [1.29, 1.82) is 0 Å². The summed E-state index contributed by atoms with van der Waals surface area (Å²) < 4.78 is 5.66. The molecule has 0 aliphatic rings. The monoisotopic (exact) mass is 250 g/mol. The van der Waals surface area contributed by atoms with Crippen molar-refractivity contribution in [2.24, 2.45) is 0 Å². The van der Waals surface area contributed by atoms with Crippen LogP contribution in [0.25, 0.3) is 0 Å². The van der Waals surface area contributed by atoms with Crippen LogP contribution in [0.5, 0.6) is 0 Å². The van der Waals surface area contributed by atoms with Gasteiger partial charge >= 0.3 is 11.3 Å². The highest BCUT2D eigenvalue weighted by Gasteiger charge is 2.24. The van der Waals surface area contributed by atoms with E-state index in [1.54, 1.807) is 0 Å². The molecule has 0 heterocycles. The molecule has 0 aromatic rings. The van der Waals surface area contributed by atoms with Crippen LogP contribution in [-0.2, 0) is 9.53 Å².